The van der Waals surface area contributed by atoms with Gasteiger partial charge in [0.1, 0.15) is 0 Å². The van der Waals surface area contributed by atoms with Crippen molar-refractivity contribution in [2.45, 2.75) is 6.23 Å². The Balaban J connectivity index is 2.22. The predicted octanol–water partition coefficient (Wildman–Crippen LogP) is 3.11. The smallest absolute Gasteiger partial charge is 0.304 e. The molecule has 0 radical (unpaired) electrons. The van der Waals surface area contributed by atoms with Crippen LogP contribution in [0.5, 0.6) is 0 Å². The van der Waals surface area contributed by atoms with Gasteiger partial charge in [0.25, 0.3) is 0 Å². The molecule has 66 valence electrons. The monoisotopic (exact) mass is 212 g/mol. The minimum absolute atomic E-state index is 0.181. The number of azo groups is 1. The van der Waals surface area contributed by atoms with Crippen molar-refractivity contribution >= 4 is 29.0 Å². The normalized spacial score (nSPS) is 20.4. The molecule has 0 saturated heterocycles. The van der Waals surface area contributed by atoms with Gasteiger partial charge < -0.3 is 4.74 Å². The zero-order valence-electron chi connectivity index (χ0n) is 6.48. The molecule has 0 aliphatic carbocycles. The van der Waals surface area contributed by atoms with Crippen molar-refractivity contribution in [1.82, 2.24) is 0 Å². The highest BCUT2D eigenvalue weighted by molar-refractivity contribution is 7.80. The number of benzene rings is 1. The van der Waals surface area contributed by atoms with Crippen molar-refractivity contribution in [2.24, 2.45) is 10.2 Å². The zero-order valence-corrected chi connectivity index (χ0v) is 8.05. The Labute approximate surface area is 85.4 Å². The van der Waals surface area contributed by atoms with E-state index >= 15 is 0 Å². The van der Waals surface area contributed by atoms with Crippen LogP contribution < -0.4 is 0 Å². The molecule has 0 N–H and O–H groups in total. The lowest BCUT2D eigenvalue weighted by molar-refractivity contribution is 0.227. The second kappa shape index (κ2) is 3.40. The molecule has 1 aromatic rings. The van der Waals surface area contributed by atoms with E-state index in [2.05, 4.69) is 10.2 Å². The molecule has 0 spiro atoms. The standard InChI is InChI=1S/C8H5ClN2OS/c9-6-3-1-5(2-4-6)7-10-11-8(13)12-7/h1-4,7H. The van der Waals surface area contributed by atoms with Crippen molar-refractivity contribution in [3.05, 3.63) is 34.9 Å². The van der Waals surface area contributed by atoms with Crippen LogP contribution >= 0.6 is 23.8 Å². The molecular weight excluding hydrogens is 208 g/mol. The van der Waals surface area contributed by atoms with Gasteiger partial charge >= 0.3 is 5.17 Å². The van der Waals surface area contributed by atoms with E-state index in [0.717, 1.165) is 5.56 Å². The van der Waals surface area contributed by atoms with Crippen LogP contribution in [0.25, 0.3) is 0 Å². The average molecular weight is 213 g/mol. The molecule has 0 amide bonds. The molecular formula is C8H5ClN2OS. The summed E-state index contributed by atoms with van der Waals surface area (Å²) >= 11 is 10.4. The van der Waals surface area contributed by atoms with Crippen molar-refractivity contribution in [3.8, 4) is 0 Å². The molecule has 0 bridgehead atoms. The minimum Gasteiger partial charge on any atom is -0.436 e. The fourth-order valence-corrected chi connectivity index (χ4v) is 1.27. The molecule has 1 aliphatic rings. The molecule has 1 unspecified atom stereocenters. The SMILES string of the molecule is S=C1N=NC(c2ccc(Cl)cc2)O1. The molecule has 1 atom stereocenters. The molecule has 1 heterocycles. The summed E-state index contributed by atoms with van der Waals surface area (Å²) in [6.45, 7) is 0. The van der Waals surface area contributed by atoms with Gasteiger partial charge in [-0.2, -0.15) is 0 Å². The van der Waals surface area contributed by atoms with Gasteiger partial charge in [0.05, 0.1) is 0 Å². The zero-order chi connectivity index (χ0) is 9.26. The van der Waals surface area contributed by atoms with Gasteiger partial charge in [-0.3, -0.25) is 0 Å². The number of thiocarbonyl (C=S) groups is 1. The van der Waals surface area contributed by atoms with Gasteiger partial charge in [0.2, 0.25) is 6.23 Å². The molecule has 0 saturated carbocycles. The van der Waals surface area contributed by atoms with E-state index in [-0.39, 0.29) is 5.17 Å². The van der Waals surface area contributed by atoms with Crippen molar-refractivity contribution in [2.75, 3.05) is 0 Å². The Bertz CT molecular complexity index is 363. The number of hydrogen-bond acceptors (Lipinski definition) is 3. The maximum Gasteiger partial charge on any atom is 0.304 e. The average Bonchev–Trinajstić information content (AvgIpc) is 2.53. The fraction of sp³-hybridized carbons (Fsp3) is 0.125. The van der Waals surface area contributed by atoms with Crippen LogP contribution in [0.1, 0.15) is 11.8 Å². The maximum absolute atomic E-state index is 5.73. The summed E-state index contributed by atoms with van der Waals surface area (Å²) in [6, 6.07) is 7.22. The molecule has 0 fully saturated rings. The molecule has 0 aromatic heterocycles. The summed E-state index contributed by atoms with van der Waals surface area (Å²) in [5.74, 6) is 0. The van der Waals surface area contributed by atoms with Crippen LogP contribution in [0.4, 0.5) is 0 Å². The Hall–Kier alpha value is -1.00. The minimum atomic E-state index is -0.398. The van der Waals surface area contributed by atoms with Crippen molar-refractivity contribution in [1.29, 1.82) is 0 Å². The Morgan fingerprint density at radius 2 is 2.00 bits per heavy atom. The first-order chi connectivity index (χ1) is 6.25. The van der Waals surface area contributed by atoms with Gasteiger partial charge in [-0.25, -0.2) is 0 Å². The number of halogens is 1. The van der Waals surface area contributed by atoms with Gasteiger partial charge in [-0.1, -0.05) is 23.7 Å². The van der Waals surface area contributed by atoms with Gasteiger partial charge in [-0.05, 0) is 24.4 Å². The number of hydrogen-bond donors (Lipinski definition) is 0. The lowest BCUT2D eigenvalue weighted by Crippen LogP contribution is -1.97. The first-order valence-electron chi connectivity index (χ1n) is 3.62. The molecule has 5 heteroatoms. The number of ether oxygens (including phenoxy) is 1. The summed E-state index contributed by atoms with van der Waals surface area (Å²) in [4.78, 5) is 0. The lowest BCUT2D eigenvalue weighted by Gasteiger charge is -2.05. The van der Waals surface area contributed by atoms with E-state index in [0.29, 0.717) is 5.02 Å². The summed E-state index contributed by atoms with van der Waals surface area (Å²) in [7, 11) is 0. The van der Waals surface area contributed by atoms with Crippen LogP contribution in [-0.4, -0.2) is 5.17 Å². The molecule has 1 aliphatic heterocycles. The van der Waals surface area contributed by atoms with Gasteiger partial charge in [0, 0.05) is 10.6 Å². The molecule has 1 aromatic carbocycles. The van der Waals surface area contributed by atoms with Crippen LogP contribution in [0, 0.1) is 0 Å². The third kappa shape index (κ3) is 1.84. The van der Waals surface area contributed by atoms with Gasteiger partial charge in [0.15, 0.2) is 0 Å². The van der Waals surface area contributed by atoms with E-state index in [1.807, 2.05) is 12.1 Å². The number of rotatable bonds is 1. The van der Waals surface area contributed by atoms with Crippen LogP contribution in [0.3, 0.4) is 0 Å². The van der Waals surface area contributed by atoms with Crippen molar-refractivity contribution in [3.63, 3.8) is 0 Å². The largest absolute Gasteiger partial charge is 0.436 e. The van der Waals surface area contributed by atoms with E-state index < -0.39 is 6.23 Å². The highest BCUT2D eigenvalue weighted by Crippen LogP contribution is 2.25. The third-order valence-electron chi connectivity index (χ3n) is 1.61. The fourth-order valence-electron chi connectivity index (χ4n) is 1.00. The summed E-state index contributed by atoms with van der Waals surface area (Å²) < 4.78 is 5.14. The third-order valence-corrected chi connectivity index (χ3v) is 2.04. The lowest BCUT2D eigenvalue weighted by atomic mass is 10.2. The Kier molecular flexibility index (Phi) is 2.24. The highest BCUT2D eigenvalue weighted by atomic mass is 35.5. The topological polar surface area (TPSA) is 34.0 Å². The van der Waals surface area contributed by atoms with Crippen LogP contribution in [0.15, 0.2) is 34.5 Å². The molecule has 3 nitrogen and oxygen atoms in total. The quantitative estimate of drug-likeness (QED) is 0.671. The van der Waals surface area contributed by atoms with E-state index in [1.54, 1.807) is 12.1 Å². The first kappa shape index (κ1) is 8.59. The van der Waals surface area contributed by atoms with E-state index in [1.165, 1.54) is 0 Å². The molecule has 13 heavy (non-hydrogen) atoms. The number of nitrogens with zero attached hydrogens (tertiary/aromatic N) is 2. The van der Waals surface area contributed by atoms with Crippen LogP contribution in [-0.2, 0) is 4.74 Å². The summed E-state index contributed by atoms with van der Waals surface area (Å²) in [5, 5.41) is 8.31. The highest BCUT2D eigenvalue weighted by Gasteiger charge is 2.18. The second-order valence-electron chi connectivity index (χ2n) is 2.50. The second-order valence-corrected chi connectivity index (χ2v) is 3.29. The summed E-state index contributed by atoms with van der Waals surface area (Å²) in [6.07, 6.45) is -0.398. The predicted molar refractivity (Wildman–Crippen MR) is 52.7 cm³/mol. The van der Waals surface area contributed by atoms with Gasteiger partial charge in [-0.15, -0.1) is 10.2 Å². The molecule has 2 rings (SSSR count). The van der Waals surface area contributed by atoms with Crippen LogP contribution in [0.2, 0.25) is 5.02 Å². The summed E-state index contributed by atoms with van der Waals surface area (Å²) in [5.41, 5.74) is 0.896. The van der Waals surface area contributed by atoms with Crippen molar-refractivity contribution < 1.29 is 4.74 Å². The first-order valence-corrected chi connectivity index (χ1v) is 4.41. The van der Waals surface area contributed by atoms with E-state index in [9.17, 15) is 0 Å². The van der Waals surface area contributed by atoms with E-state index in [4.69, 9.17) is 28.6 Å². The maximum atomic E-state index is 5.73. The Morgan fingerprint density at radius 1 is 1.31 bits per heavy atom. The Morgan fingerprint density at radius 3 is 2.54 bits per heavy atom.